The van der Waals surface area contributed by atoms with E-state index in [9.17, 15) is 14.9 Å². The van der Waals surface area contributed by atoms with Gasteiger partial charge in [-0.15, -0.1) is 0 Å². The molecule has 39 heavy (non-hydrogen) atoms. The Kier molecular flexibility index (Phi) is 8.39. The Balaban J connectivity index is 1.78. The number of carboxylic acid groups (broad SMARTS) is 1. The zero-order valence-electron chi connectivity index (χ0n) is 21.3. The van der Waals surface area contributed by atoms with E-state index in [1.807, 2.05) is 97.1 Å². The van der Waals surface area contributed by atoms with Gasteiger partial charge in [0.05, 0.1) is 12.3 Å². The van der Waals surface area contributed by atoms with Crippen molar-refractivity contribution in [1.29, 1.82) is 5.26 Å². The van der Waals surface area contributed by atoms with Gasteiger partial charge in [-0.2, -0.15) is 10.4 Å². The molecule has 4 rings (SSSR count). The third-order valence-corrected chi connectivity index (χ3v) is 6.31. The molecule has 0 atom stereocenters. The topological polar surface area (TPSA) is 132 Å². The molecule has 1 aromatic heterocycles. The van der Waals surface area contributed by atoms with Gasteiger partial charge in [0, 0.05) is 25.2 Å². The molecule has 0 spiro atoms. The van der Waals surface area contributed by atoms with Crippen LogP contribution in [-0.4, -0.2) is 33.4 Å². The quantitative estimate of drug-likeness (QED) is 0.134. The van der Waals surface area contributed by atoms with Gasteiger partial charge in [0.1, 0.15) is 17.0 Å². The summed E-state index contributed by atoms with van der Waals surface area (Å²) in [6.45, 7) is -0.00640. The van der Waals surface area contributed by atoms with Gasteiger partial charge < -0.3 is 21.1 Å². The van der Waals surface area contributed by atoms with Crippen LogP contribution in [0.1, 0.15) is 23.1 Å². The second-order valence-corrected chi connectivity index (χ2v) is 8.74. The molecule has 9 nitrogen and oxygen atoms in total. The van der Waals surface area contributed by atoms with Crippen LogP contribution in [0.3, 0.4) is 0 Å². The average molecular weight is 521 g/mol. The molecule has 9 heteroatoms. The lowest BCUT2D eigenvalue weighted by molar-refractivity contribution is -0.113. The number of aromatic nitrogens is 2. The second-order valence-electron chi connectivity index (χ2n) is 8.74. The van der Waals surface area contributed by atoms with Crippen molar-refractivity contribution >= 4 is 23.5 Å². The molecule has 0 aliphatic rings. The number of nitriles is 1. The molecule has 0 unspecified atom stereocenters. The smallest absolute Gasteiger partial charge is 0.404 e. The summed E-state index contributed by atoms with van der Waals surface area (Å²) in [6.07, 6.45) is 1.50. The van der Waals surface area contributed by atoms with Crippen molar-refractivity contribution in [2.75, 3.05) is 17.2 Å². The first kappa shape index (κ1) is 26.7. The zero-order chi connectivity index (χ0) is 27.7. The minimum Gasteiger partial charge on any atom is -0.465 e. The first-order valence-corrected chi connectivity index (χ1v) is 12.3. The van der Waals surface area contributed by atoms with Crippen LogP contribution in [0.25, 0.3) is 0 Å². The molecule has 2 amide bonds. The highest BCUT2D eigenvalue weighted by Crippen LogP contribution is 2.41. The van der Waals surface area contributed by atoms with E-state index in [0.29, 0.717) is 11.5 Å². The van der Waals surface area contributed by atoms with Gasteiger partial charge in [-0.25, -0.2) is 4.79 Å². The van der Waals surface area contributed by atoms with Crippen LogP contribution in [0.5, 0.6) is 0 Å². The van der Waals surface area contributed by atoms with Crippen molar-refractivity contribution < 1.29 is 14.7 Å². The number of allylic oxidation sites excluding steroid dienone is 1. The Morgan fingerprint density at radius 3 is 1.92 bits per heavy atom. The van der Waals surface area contributed by atoms with E-state index in [0.717, 1.165) is 22.8 Å². The van der Waals surface area contributed by atoms with Gasteiger partial charge in [-0.1, -0.05) is 91.0 Å². The molecule has 0 aliphatic carbocycles. The number of benzene rings is 3. The molecule has 0 bridgehead atoms. The maximum Gasteiger partial charge on any atom is 0.404 e. The first-order chi connectivity index (χ1) is 19.0. The van der Waals surface area contributed by atoms with Gasteiger partial charge in [0.25, 0.3) is 5.91 Å². The largest absolute Gasteiger partial charge is 0.465 e. The number of rotatable bonds is 10. The predicted molar refractivity (Wildman–Crippen MR) is 149 cm³/mol. The lowest BCUT2D eigenvalue weighted by Crippen LogP contribution is -2.39. The van der Waals surface area contributed by atoms with Crippen molar-refractivity contribution in [1.82, 2.24) is 15.1 Å². The standard InChI is InChI=1S/C30H28N6O3/c1-36-27(26(21-33-36)34-28(37)22(17-19-31)18-20-32-29(38)39)35-30(23-11-5-2-6-12-23,24-13-7-3-8-14-24)25-15-9-4-10-16-25/h2-17,21,32,35H,18,20H2,1H3,(H,34,37)(H,38,39)/b22-17+. The van der Waals surface area contributed by atoms with Crippen LogP contribution in [0, 0.1) is 11.3 Å². The number of nitrogens with one attached hydrogen (secondary N) is 3. The second kappa shape index (κ2) is 12.3. The van der Waals surface area contributed by atoms with Gasteiger partial charge >= 0.3 is 6.09 Å². The zero-order valence-corrected chi connectivity index (χ0v) is 21.3. The molecular weight excluding hydrogens is 492 g/mol. The van der Waals surface area contributed by atoms with Crippen molar-refractivity contribution in [2.45, 2.75) is 12.0 Å². The van der Waals surface area contributed by atoms with Crippen LogP contribution >= 0.6 is 0 Å². The molecule has 1 heterocycles. The fourth-order valence-corrected chi connectivity index (χ4v) is 4.47. The first-order valence-electron chi connectivity index (χ1n) is 12.3. The highest BCUT2D eigenvalue weighted by molar-refractivity contribution is 6.05. The van der Waals surface area contributed by atoms with E-state index in [4.69, 9.17) is 5.11 Å². The summed E-state index contributed by atoms with van der Waals surface area (Å²) in [5.74, 6) is 0.0180. The normalized spacial score (nSPS) is 11.3. The molecule has 196 valence electrons. The number of carbonyl (C=O) groups excluding carboxylic acids is 1. The van der Waals surface area contributed by atoms with Crippen LogP contribution in [0.2, 0.25) is 0 Å². The predicted octanol–water partition coefficient (Wildman–Crippen LogP) is 4.87. The average Bonchev–Trinajstić information content (AvgIpc) is 3.30. The molecule has 0 saturated heterocycles. The Morgan fingerprint density at radius 1 is 0.949 bits per heavy atom. The third kappa shape index (κ3) is 5.97. The number of anilines is 2. The fraction of sp³-hybridized carbons (Fsp3) is 0.133. The molecule has 0 aliphatic heterocycles. The minimum atomic E-state index is -1.20. The van der Waals surface area contributed by atoms with Gasteiger partial charge in [-0.3, -0.25) is 9.48 Å². The minimum absolute atomic E-state index is 0.00640. The van der Waals surface area contributed by atoms with E-state index in [-0.39, 0.29) is 18.5 Å². The SMILES string of the molecule is Cn1ncc(NC(=O)/C(=C/C#N)CCNC(=O)O)c1NC(c1ccccc1)(c1ccccc1)c1ccccc1. The number of amides is 2. The van der Waals surface area contributed by atoms with E-state index in [1.165, 1.54) is 6.20 Å². The van der Waals surface area contributed by atoms with Crippen LogP contribution in [0.4, 0.5) is 16.3 Å². The molecule has 4 N–H and O–H groups in total. The number of aryl methyl sites for hydroxylation is 1. The van der Waals surface area contributed by atoms with Crippen LogP contribution in [0.15, 0.2) is 109 Å². The Bertz CT molecular complexity index is 1400. The summed E-state index contributed by atoms with van der Waals surface area (Å²) < 4.78 is 1.64. The van der Waals surface area contributed by atoms with Gasteiger partial charge in [0.15, 0.2) is 0 Å². The number of hydrogen-bond donors (Lipinski definition) is 4. The summed E-state index contributed by atoms with van der Waals surface area (Å²) in [7, 11) is 1.77. The van der Waals surface area contributed by atoms with Crippen LogP contribution < -0.4 is 16.0 Å². The summed E-state index contributed by atoms with van der Waals surface area (Å²) in [5, 5.41) is 31.2. The molecule has 0 fully saturated rings. The Hall–Kier alpha value is -5.36. The molecule has 3 aromatic carbocycles. The van der Waals surface area contributed by atoms with Crippen molar-refractivity contribution in [3.63, 3.8) is 0 Å². The summed E-state index contributed by atoms with van der Waals surface area (Å²) in [4.78, 5) is 24.0. The lowest BCUT2D eigenvalue weighted by atomic mass is 9.77. The highest BCUT2D eigenvalue weighted by Gasteiger charge is 2.38. The summed E-state index contributed by atoms with van der Waals surface area (Å²) in [6, 6.07) is 31.9. The number of hydrogen-bond acceptors (Lipinski definition) is 5. The van der Waals surface area contributed by atoms with Crippen molar-refractivity contribution in [3.05, 3.63) is 126 Å². The Morgan fingerprint density at radius 2 is 1.46 bits per heavy atom. The lowest BCUT2D eigenvalue weighted by Gasteiger charge is -2.38. The molecular formula is C30H28N6O3. The summed E-state index contributed by atoms with van der Waals surface area (Å²) in [5.41, 5.74) is 2.63. The summed E-state index contributed by atoms with van der Waals surface area (Å²) >= 11 is 0. The van der Waals surface area contributed by atoms with E-state index < -0.39 is 17.5 Å². The van der Waals surface area contributed by atoms with E-state index in [2.05, 4.69) is 21.0 Å². The van der Waals surface area contributed by atoms with E-state index >= 15 is 0 Å². The highest BCUT2D eigenvalue weighted by atomic mass is 16.4. The maximum absolute atomic E-state index is 13.1. The Labute approximate surface area is 226 Å². The monoisotopic (exact) mass is 520 g/mol. The fourth-order valence-electron chi connectivity index (χ4n) is 4.47. The van der Waals surface area contributed by atoms with Gasteiger partial charge in [-0.05, 0) is 23.1 Å². The van der Waals surface area contributed by atoms with Crippen LogP contribution in [-0.2, 0) is 17.4 Å². The third-order valence-electron chi connectivity index (χ3n) is 6.31. The molecule has 0 radical (unpaired) electrons. The number of carbonyl (C=O) groups is 2. The molecule has 0 saturated carbocycles. The van der Waals surface area contributed by atoms with E-state index in [1.54, 1.807) is 11.7 Å². The van der Waals surface area contributed by atoms with Gasteiger partial charge in [0.2, 0.25) is 0 Å². The molecule has 4 aromatic rings. The maximum atomic E-state index is 13.1. The van der Waals surface area contributed by atoms with Crippen molar-refractivity contribution in [2.24, 2.45) is 7.05 Å². The van der Waals surface area contributed by atoms with Crippen molar-refractivity contribution in [3.8, 4) is 6.07 Å². The number of nitrogens with zero attached hydrogens (tertiary/aromatic N) is 3.